The summed E-state index contributed by atoms with van der Waals surface area (Å²) in [7, 11) is 0. The smallest absolute Gasteiger partial charge is 0.222 e. The van der Waals surface area contributed by atoms with Gasteiger partial charge in [0.2, 0.25) is 5.95 Å². The number of aromatic nitrogens is 3. The highest BCUT2D eigenvalue weighted by Crippen LogP contribution is 2.32. The first kappa shape index (κ1) is 17.7. The molecule has 3 aromatic rings. The largest absolute Gasteiger partial charge is 0.368 e. The normalized spacial score (nSPS) is 13.7. The van der Waals surface area contributed by atoms with Crippen molar-refractivity contribution >= 4 is 29.2 Å². The summed E-state index contributed by atoms with van der Waals surface area (Å²) in [5.74, 6) is 0.659. The van der Waals surface area contributed by atoms with E-state index >= 15 is 0 Å². The van der Waals surface area contributed by atoms with Crippen molar-refractivity contribution in [2.75, 3.05) is 11.1 Å². The SMILES string of the molecule is Nc1nc2c(c(Nc3ccc(Sc4ccncc4)c(F)c3)n1)CCCCC2. The Morgan fingerprint density at radius 3 is 2.63 bits per heavy atom. The van der Waals surface area contributed by atoms with Crippen LogP contribution in [0.5, 0.6) is 0 Å². The van der Waals surface area contributed by atoms with Crippen molar-refractivity contribution < 1.29 is 4.39 Å². The molecule has 0 unspecified atom stereocenters. The maximum absolute atomic E-state index is 14.6. The maximum atomic E-state index is 14.6. The van der Waals surface area contributed by atoms with E-state index in [0.717, 1.165) is 41.8 Å². The number of fused-ring (bicyclic) bond motifs is 1. The molecule has 7 heteroatoms. The van der Waals surface area contributed by atoms with Crippen molar-refractivity contribution in [3.63, 3.8) is 0 Å². The Morgan fingerprint density at radius 1 is 1.00 bits per heavy atom. The molecule has 4 rings (SSSR count). The lowest BCUT2D eigenvalue weighted by Crippen LogP contribution is -2.08. The van der Waals surface area contributed by atoms with Crippen LogP contribution >= 0.6 is 11.8 Å². The zero-order valence-electron chi connectivity index (χ0n) is 14.8. The molecule has 2 aromatic heterocycles. The lowest BCUT2D eigenvalue weighted by atomic mass is 10.1. The fourth-order valence-electron chi connectivity index (χ4n) is 3.22. The van der Waals surface area contributed by atoms with Crippen LogP contribution in [-0.4, -0.2) is 15.0 Å². The van der Waals surface area contributed by atoms with Gasteiger partial charge in [0.15, 0.2) is 0 Å². The lowest BCUT2D eigenvalue weighted by molar-refractivity contribution is 0.602. The van der Waals surface area contributed by atoms with E-state index in [0.29, 0.717) is 16.4 Å². The molecule has 0 radical (unpaired) electrons. The first-order valence-corrected chi connectivity index (χ1v) is 9.80. The van der Waals surface area contributed by atoms with Gasteiger partial charge in [0, 0.05) is 33.4 Å². The van der Waals surface area contributed by atoms with Crippen LogP contribution in [0.3, 0.4) is 0 Å². The Bertz CT molecular complexity index is 949. The number of hydrogen-bond acceptors (Lipinski definition) is 6. The molecule has 1 aromatic carbocycles. The molecule has 0 saturated carbocycles. The number of nitrogens with two attached hydrogens (primary N) is 1. The van der Waals surface area contributed by atoms with Crippen LogP contribution in [0.25, 0.3) is 0 Å². The minimum Gasteiger partial charge on any atom is -0.368 e. The van der Waals surface area contributed by atoms with E-state index in [-0.39, 0.29) is 11.8 Å². The summed E-state index contributed by atoms with van der Waals surface area (Å²) >= 11 is 1.37. The number of nitrogens with one attached hydrogen (secondary N) is 1. The van der Waals surface area contributed by atoms with Crippen LogP contribution in [0.15, 0.2) is 52.5 Å². The summed E-state index contributed by atoms with van der Waals surface area (Å²) < 4.78 is 14.6. The molecule has 0 aliphatic heterocycles. The highest BCUT2D eigenvalue weighted by molar-refractivity contribution is 7.99. The zero-order chi connectivity index (χ0) is 18.6. The molecule has 3 N–H and O–H groups in total. The minimum atomic E-state index is -0.282. The van der Waals surface area contributed by atoms with Gasteiger partial charge in [-0.15, -0.1) is 0 Å². The second kappa shape index (κ2) is 7.92. The standard InChI is InChI=1S/C20H20FN5S/c21-16-12-13(6-7-18(16)27-14-8-10-23-11-9-14)24-19-15-4-2-1-3-5-17(15)25-20(22)26-19/h6-12H,1-5H2,(H3,22,24,25,26). The third-order valence-corrected chi connectivity index (χ3v) is 5.58. The second-order valence-corrected chi connectivity index (χ2v) is 7.59. The average molecular weight is 381 g/mol. The monoisotopic (exact) mass is 381 g/mol. The Balaban J connectivity index is 1.58. The highest BCUT2D eigenvalue weighted by Gasteiger charge is 2.16. The van der Waals surface area contributed by atoms with Crippen molar-refractivity contribution in [1.29, 1.82) is 0 Å². The fraction of sp³-hybridized carbons (Fsp3) is 0.250. The van der Waals surface area contributed by atoms with Gasteiger partial charge in [-0.3, -0.25) is 4.98 Å². The molecule has 0 amide bonds. The molecule has 5 nitrogen and oxygen atoms in total. The van der Waals surface area contributed by atoms with E-state index in [1.807, 2.05) is 18.2 Å². The summed E-state index contributed by atoms with van der Waals surface area (Å²) in [6.07, 6.45) is 8.60. The molecule has 1 aliphatic carbocycles. The molecular weight excluding hydrogens is 361 g/mol. The molecule has 27 heavy (non-hydrogen) atoms. The Morgan fingerprint density at radius 2 is 1.81 bits per heavy atom. The predicted octanol–water partition coefficient (Wildman–Crippen LogP) is 4.76. The lowest BCUT2D eigenvalue weighted by Gasteiger charge is -2.14. The van der Waals surface area contributed by atoms with Gasteiger partial charge in [-0.05, 0) is 56.0 Å². The molecule has 0 spiro atoms. The topological polar surface area (TPSA) is 76.7 Å². The van der Waals surface area contributed by atoms with Gasteiger partial charge in [-0.2, -0.15) is 4.98 Å². The molecule has 138 valence electrons. The summed E-state index contributed by atoms with van der Waals surface area (Å²) in [4.78, 5) is 14.2. The Labute approximate surface area is 161 Å². The first-order valence-electron chi connectivity index (χ1n) is 8.99. The first-order chi connectivity index (χ1) is 13.2. The van der Waals surface area contributed by atoms with Crippen LogP contribution in [0.2, 0.25) is 0 Å². The van der Waals surface area contributed by atoms with Crippen LogP contribution < -0.4 is 11.1 Å². The summed E-state index contributed by atoms with van der Waals surface area (Å²) in [5, 5.41) is 3.24. The molecule has 0 bridgehead atoms. The van der Waals surface area contributed by atoms with Crippen molar-refractivity contribution in [3.05, 3.63) is 59.8 Å². The number of pyridine rings is 1. The van der Waals surface area contributed by atoms with Crippen LogP contribution in [0, 0.1) is 5.82 Å². The number of aryl methyl sites for hydroxylation is 1. The van der Waals surface area contributed by atoms with Crippen molar-refractivity contribution in [1.82, 2.24) is 15.0 Å². The number of anilines is 3. The van der Waals surface area contributed by atoms with Crippen molar-refractivity contribution in [2.24, 2.45) is 0 Å². The van der Waals surface area contributed by atoms with E-state index in [4.69, 9.17) is 5.73 Å². The summed E-state index contributed by atoms with van der Waals surface area (Å²) in [6, 6.07) is 8.83. The van der Waals surface area contributed by atoms with Gasteiger partial charge in [-0.1, -0.05) is 18.2 Å². The number of nitrogen functional groups attached to an aromatic ring is 1. The van der Waals surface area contributed by atoms with E-state index in [9.17, 15) is 4.39 Å². The third-order valence-electron chi connectivity index (χ3n) is 4.52. The molecule has 0 fully saturated rings. The number of hydrogen-bond donors (Lipinski definition) is 2. The van der Waals surface area contributed by atoms with E-state index in [2.05, 4.69) is 20.3 Å². The molecule has 0 saturated heterocycles. The van der Waals surface area contributed by atoms with Crippen molar-refractivity contribution in [2.45, 2.75) is 41.9 Å². The fourth-order valence-corrected chi connectivity index (χ4v) is 4.03. The Hall–Kier alpha value is -2.67. The number of benzene rings is 1. The van der Waals surface area contributed by atoms with E-state index in [1.54, 1.807) is 18.5 Å². The highest BCUT2D eigenvalue weighted by atomic mass is 32.2. The number of rotatable bonds is 4. The van der Waals surface area contributed by atoms with Crippen LogP contribution in [0.1, 0.15) is 30.5 Å². The quantitative estimate of drug-likeness (QED) is 0.635. The van der Waals surface area contributed by atoms with Crippen LogP contribution in [-0.2, 0) is 12.8 Å². The number of halogens is 1. The molecule has 2 heterocycles. The van der Waals surface area contributed by atoms with Gasteiger partial charge >= 0.3 is 0 Å². The van der Waals surface area contributed by atoms with Gasteiger partial charge in [-0.25, -0.2) is 9.37 Å². The van der Waals surface area contributed by atoms with Gasteiger partial charge < -0.3 is 11.1 Å². The zero-order valence-corrected chi connectivity index (χ0v) is 15.6. The van der Waals surface area contributed by atoms with Crippen LogP contribution in [0.4, 0.5) is 21.8 Å². The summed E-state index contributed by atoms with van der Waals surface area (Å²) in [6.45, 7) is 0. The minimum absolute atomic E-state index is 0.253. The third kappa shape index (κ3) is 4.19. The molecular formula is C20H20FN5S. The number of nitrogens with zero attached hydrogens (tertiary/aromatic N) is 3. The van der Waals surface area contributed by atoms with E-state index in [1.165, 1.54) is 24.2 Å². The Kier molecular flexibility index (Phi) is 5.20. The van der Waals surface area contributed by atoms with Gasteiger partial charge in [0.1, 0.15) is 11.6 Å². The van der Waals surface area contributed by atoms with Gasteiger partial charge in [0.05, 0.1) is 5.69 Å². The van der Waals surface area contributed by atoms with E-state index < -0.39 is 0 Å². The maximum Gasteiger partial charge on any atom is 0.222 e. The molecule has 1 aliphatic rings. The second-order valence-electron chi connectivity index (χ2n) is 6.47. The predicted molar refractivity (Wildman–Crippen MR) is 106 cm³/mol. The average Bonchev–Trinajstić information content (AvgIpc) is 2.90. The summed E-state index contributed by atoms with van der Waals surface area (Å²) in [5.41, 5.74) is 8.63. The molecule has 0 atom stereocenters. The van der Waals surface area contributed by atoms with Crippen molar-refractivity contribution in [3.8, 4) is 0 Å². The van der Waals surface area contributed by atoms with Gasteiger partial charge in [0.25, 0.3) is 0 Å².